The maximum atomic E-state index is 13.6. The van der Waals surface area contributed by atoms with Crippen LogP contribution in [0.1, 0.15) is 141 Å². The van der Waals surface area contributed by atoms with Crippen LogP contribution in [0.4, 0.5) is 0 Å². The number of rotatable bonds is 10. The van der Waals surface area contributed by atoms with E-state index in [1.165, 1.54) is 77.6 Å². The van der Waals surface area contributed by atoms with Crippen LogP contribution in [-0.4, -0.2) is 24.0 Å². The lowest BCUT2D eigenvalue weighted by molar-refractivity contribution is -0.192. The zero-order valence-electron chi connectivity index (χ0n) is 26.7. The van der Waals surface area contributed by atoms with E-state index in [-0.39, 0.29) is 34.9 Å². The number of fused-ring (bicyclic) bond motifs is 5. The number of esters is 1. The van der Waals surface area contributed by atoms with Gasteiger partial charge in [0.25, 0.3) is 5.91 Å². The van der Waals surface area contributed by atoms with Crippen molar-refractivity contribution < 1.29 is 14.3 Å². The predicted molar refractivity (Wildman–Crippen MR) is 166 cm³/mol. The molecule has 1 aromatic carbocycles. The molecule has 4 nitrogen and oxygen atoms in total. The van der Waals surface area contributed by atoms with Crippen LogP contribution >= 0.6 is 0 Å². The van der Waals surface area contributed by atoms with Crippen molar-refractivity contribution in [2.45, 2.75) is 143 Å². The van der Waals surface area contributed by atoms with Crippen LogP contribution in [0.3, 0.4) is 0 Å². The minimum absolute atomic E-state index is 0.0400. The second-order valence-corrected chi connectivity index (χ2v) is 15.2. The number of benzene rings is 1. The molecule has 0 spiro atoms. The van der Waals surface area contributed by atoms with Crippen LogP contribution in [0.25, 0.3) is 0 Å². The third-order valence-electron chi connectivity index (χ3n) is 13.3. The fourth-order valence-electron chi connectivity index (χ4n) is 10.8. The quantitative estimate of drug-likeness (QED) is 0.228. The Labute approximate surface area is 250 Å². The van der Waals surface area contributed by atoms with Crippen LogP contribution in [-0.2, 0) is 9.53 Å². The summed E-state index contributed by atoms with van der Waals surface area (Å²) in [6, 6.07) is 9.79. The largest absolute Gasteiger partial charge is 0.463 e. The van der Waals surface area contributed by atoms with Gasteiger partial charge in [-0.05, 0) is 110 Å². The van der Waals surface area contributed by atoms with Gasteiger partial charge in [-0.2, -0.15) is 0 Å². The van der Waals surface area contributed by atoms with Gasteiger partial charge in [-0.3, -0.25) is 9.59 Å². The Balaban J connectivity index is 1.38. The first-order chi connectivity index (χ1) is 19.6. The van der Waals surface area contributed by atoms with E-state index in [9.17, 15) is 9.59 Å². The van der Waals surface area contributed by atoms with Crippen molar-refractivity contribution in [3.05, 3.63) is 35.9 Å². The van der Waals surface area contributed by atoms with E-state index in [0.29, 0.717) is 17.3 Å². The molecule has 1 amide bonds. The first-order valence-corrected chi connectivity index (χ1v) is 17.2. The standard InChI is InChI=1S/C37H57NO3/c1-6-7-8-9-10-14-17-28-18-19-31-30-24-33(38-34(40)27-15-12-11-13-16-27)37(5)25-29(41-26(2)39)20-23-36(37,4)32(30)21-22-35(28,31)3/h11-13,15-16,28-33H,6-10,14,17-25H2,1-5H3,(H,38,40)/t28-,29-,30?,31?,32?,33+,35+,36+,37+/m0/s1. The van der Waals surface area contributed by atoms with Crippen LogP contribution < -0.4 is 5.32 Å². The molecule has 3 unspecified atom stereocenters. The van der Waals surface area contributed by atoms with Gasteiger partial charge < -0.3 is 10.1 Å². The average molecular weight is 564 g/mol. The summed E-state index contributed by atoms with van der Waals surface area (Å²) in [5.41, 5.74) is 1.19. The molecule has 1 N–H and O–H groups in total. The molecule has 0 saturated heterocycles. The zero-order chi connectivity index (χ0) is 29.3. The summed E-state index contributed by atoms with van der Waals surface area (Å²) in [7, 11) is 0. The number of amides is 1. The smallest absolute Gasteiger partial charge is 0.302 e. The summed E-state index contributed by atoms with van der Waals surface area (Å²) >= 11 is 0. The van der Waals surface area contributed by atoms with E-state index in [1.54, 1.807) is 0 Å². The van der Waals surface area contributed by atoms with Crippen molar-refractivity contribution in [1.82, 2.24) is 5.32 Å². The third-order valence-corrected chi connectivity index (χ3v) is 13.3. The molecule has 1 aromatic rings. The number of unbranched alkanes of at least 4 members (excludes halogenated alkanes) is 5. The highest BCUT2D eigenvalue weighted by Gasteiger charge is 2.66. The van der Waals surface area contributed by atoms with Gasteiger partial charge in [0.1, 0.15) is 6.10 Å². The fourth-order valence-corrected chi connectivity index (χ4v) is 10.8. The van der Waals surface area contributed by atoms with Gasteiger partial charge in [-0.15, -0.1) is 0 Å². The SMILES string of the molecule is CCCCCCCC[C@H]1CCC2C3C[C@@H](NC(=O)c4ccccc4)[C@@]4(C)C[C@@H](OC(C)=O)CC[C@]4(C)C3CC[C@@]21C. The first-order valence-electron chi connectivity index (χ1n) is 17.2. The van der Waals surface area contributed by atoms with Crippen molar-refractivity contribution in [2.75, 3.05) is 0 Å². The molecular weight excluding hydrogens is 506 g/mol. The van der Waals surface area contributed by atoms with Gasteiger partial charge in [0.2, 0.25) is 0 Å². The number of nitrogens with one attached hydrogen (secondary N) is 1. The van der Waals surface area contributed by atoms with Gasteiger partial charge in [0, 0.05) is 18.5 Å². The minimum Gasteiger partial charge on any atom is -0.463 e. The van der Waals surface area contributed by atoms with Gasteiger partial charge >= 0.3 is 5.97 Å². The highest BCUT2D eigenvalue weighted by molar-refractivity contribution is 5.94. The van der Waals surface area contributed by atoms with Gasteiger partial charge in [0.05, 0.1) is 0 Å². The zero-order valence-corrected chi connectivity index (χ0v) is 26.7. The van der Waals surface area contributed by atoms with Crippen molar-refractivity contribution in [3.8, 4) is 0 Å². The van der Waals surface area contributed by atoms with Gasteiger partial charge in [-0.25, -0.2) is 0 Å². The molecule has 4 fully saturated rings. The monoisotopic (exact) mass is 563 g/mol. The molecule has 41 heavy (non-hydrogen) atoms. The van der Waals surface area contributed by atoms with Gasteiger partial charge in [-0.1, -0.05) is 84.4 Å². The Morgan fingerprint density at radius 2 is 1.61 bits per heavy atom. The second kappa shape index (κ2) is 12.4. The maximum absolute atomic E-state index is 13.6. The molecule has 0 heterocycles. The molecule has 9 atom stereocenters. The molecule has 4 heteroatoms. The summed E-state index contributed by atoms with van der Waals surface area (Å²) in [4.78, 5) is 25.6. The molecule has 4 aliphatic carbocycles. The molecule has 0 bridgehead atoms. The lowest BCUT2D eigenvalue weighted by Crippen LogP contribution is -2.67. The molecule has 4 aliphatic rings. The fraction of sp³-hybridized carbons (Fsp3) is 0.784. The molecule has 228 valence electrons. The molecule has 5 rings (SSSR count). The summed E-state index contributed by atoms with van der Waals surface area (Å²) in [6.45, 7) is 11.4. The van der Waals surface area contributed by atoms with Crippen molar-refractivity contribution in [1.29, 1.82) is 0 Å². The van der Waals surface area contributed by atoms with Crippen molar-refractivity contribution in [2.24, 2.45) is 39.9 Å². The van der Waals surface area contributed by atoms with Crippen LogP contribution in [0.2, 0.25) is 0 Å². The van der Waals surface area contributed by atoms with Crippen molar-refractivity contribution in [3.63, 3.8) is 0 Å². The molecule has 0 aliphatic heterocycles. The van der Waals surface area contributed by atoms with Crippen LogP contribution in [0.5, 0.6) is 0 Å². The van der Waals surface area contributed by atoms with Crippen molar-refractivity contribution >= 4 is 11.9 Å². The number of ether oxygens (including phenoxy) is 1. The topological polar surface area (TPSA) is 55.4 Å². The van der Waals surface area contributed by atoms with E-state index < -0.39 is 0 Å². The Hall–Kier alpha value is -1.84. The highest BCUT2D eigenvalue weighted by Crippen LogP contribution is 2.71. The summed E-state index contributed by atoms with van der Waals surface area (Å²) < 4.78 is 5.84. The van der Waals surface area contributed by atoms with Crippen LogP contribution in [0.15, 0.2) is 30.3 Å². The third kappa shape index (κ3) is 5.75. The minimum atomic E-state index is -0.184. The Morgan fingerprint density at radius 1 is 0.878 bits per heavy atom. The van der Waals surface area contributed by atoms with E-state index in [1.807, 2.05) is 30.3 Å². The lowest BCUT2D eigenvalue weighted by atomic mass is 9.39. The Bertz CT molecular complexity index is 1060. The summed E-state index contributed by atoms with van der Waals surface area (Å²) in [6.07, 6.45) is 19.0. The average Bonchev–Trinajstić information content (AvgIpc) is 3.28. The van der Waals surface area contributed by atoms with E-state index in [2.05, 4.69) is 33.0 Å². The second-order valence-electron chi connectivity index (χ2n) is 15.2. The van der Waals surface area contributed by atoms with Gasteiger partial charge in [0.15, 0.2) is 0 Å². The number of carbonyl (C=O) groups excluding carboxylic acids is 2. The molecule has 0 aromatic heterocycles. The number of hydrogen-bond donors (Lipinski definition) is 1. The molecule has 0 radical (unpaired) electrons. The predicted octanol–water partition coefficient (Wildman–Crippen LogP) is 9.13. The number of hydrogen-bond acceptors (Lipinski definition) is 3. The van der Waals surface area contributed by atoms with Crippen LogP contribution in [0, 0.1) is 39.9 Å². The highest BCUT2D eigenvalue weighted by atomic mass is 16.5. The first kappa shape index (κ1) is 30.6. The Morgan fingerprint density at radius 3 is 2.34 bits per heavy atom. The normalized spacial score (nSPS) is 39.7. The molecular formula is C37H57NO3. The number of carbonyl (C=O) groups is 2. The van der Waals surface area contributed by atoms with E-state index in [0.717, 1.165) is 43.1 Å². The summed E-state index contributed by atoms with van der Waals surface area (Å²) in [5.74, 6) is 2.82. The van der Waals surface area contributed by atoms with E-state index in [4.69, 9.17) is 4.74 Å². The summed E-state index contributed by atoms with van der Waals surface area (Å²) in [5, 5.41) is 3.59. The maximum Gasteiger partial charge on any atom is 0.302 e. The van der Waals surface area contributed by atoms with E-state index >= 15 is 0 Å². The molecule has 4 saturated carbocycles. The lowest BCUT2D eigenvalue weighted by Gasteiger charge is -2.67. The Kier molecular flexibility index (Phi) is 9.27.